The predicted molar refractivity (Wildman–Crippen MR) is 105 cm³/mol. The Hall–Kier alpha value is -2.61. The lowest BCUT2D eigenvalue weighted by molar-refractivity contribution is -0.127. The zero-order valence-corrected chi connectivity index (χ0v) is 16.2. The summed E-state index contributed by atoms with van der Waals surface area (Å²) in [5, 5.41) is 6.52. The Labute approximate surface area is 161 Å². The van der Waals surface area contributed by atoms with Crippen LogP contribution in [0.2, 0.25) is 0 Å². The number of anilines is 1. The lowest BCUT2D eigenvalue weighted by Gasteiger charge is -2.21. The lowest BCUT2D eigenvalue weighted by Crippen LogP contribution is -2.44. The number of rotatable bonds is 6. The molecular formula is C19H23N3O4S. The van der Waals surface area contributed by atoms with Crippen LogP contribution in [-0.4, -0.2) is 48.5 Å². The molecule has 1 aliphatic heterocycles. The minimum Gasteiger partial charge on any atom is -0.462 e. The number of carbonyl (C=O) groups excluding carboxylic acids is 3. The Balaban J connectivity index is 1.59. The number of esters is 1. The van der Waals surface area contributed by atoms with Crippen LogP contribution in [0.3, 0.4) is 0 Å². The highest BCUT2D eigenvalue weighted by Crippen LogP contribution is 2.28. The van der Waals surface area contributed by atoms with E-state index in [4.69, 9.17) is 4.74 Å². The first kappa shape index (κ1) is 19.2. The number of thiophene rings is 1. The topological polar surface area (TPSA) is 87.7 Å². The molecule has 3 amide bonds. The molecule has 3 rings (SSSR count). The van der Waals surface area contributed by atoms with Crippen molar-refractivity contribution in [2.75, 3.05) is 25.0 Å². The summed E-state index contributed by atoms with van der Waals surface area (Å²) < 4.78 is 5.97. The third-order valence-corrected chi connectivity index (χ3v) is 5.39. The lowest BCUT2D eigenvalue weighted by atomic mass is 10.2. The second-order valence-electron chi connectivity index (χ2n) is 6.53. The number of nitrogens with zero attached hydrogens (tertiary/aromatic N) is 1. The van der Waals surface area contributed by atoms with Crippen molar-refractivity contribution in [3.63, 3.8) is 0 Å². The third-order valence-electron chi connectivity index (χ3n) is 4.29. The van der Waals surface area contributed by atoms with Gasteiger partial charge in [0.2, 0.25) is 5.91 Å². The summed E-state index contributed by atoms with van der Waals surface area (Å²) in [5.74, 6) is -0.194. The van der Waals surface area contributed by atoms with Gasteiger partial charge in [0, 0.05) is 35.9 Å². The van der Waals surface area contributed by atoms with Gasteiger partial charge in [0.25, 0.3) is 0 Å². The number of nitrogens with one attached hydrogen (secondary N) is 2. The second kappa shape index (κ2) is 8.39. The third kappa shape index (κ3) is 4.77. The van der Waals surface area contributed by atoms with Gasteiger partial charge in [-0.2, -0.15) is 0 Å². The highest BCUT2D eigenvalue weighted by molar-refractivity contribution is 7.20. The molecule has 0 saturated carbocycles. The standard InChI is InChI=1S/C19H23N3O4S/c1-3-26-18(24)16-10-13-9-14(6-7-15(13)27-16)21-19(25)20-12(2)11-22-8-4-5-17(22)23/h6-7,9-10,12H,3-5,8,11H2,1-2H3,(H2,20,21,25)/t12-/m0/s1. The van der Waals surface area contributed by atoms with Gasteiger partial charge in [-0.15, -0.1) is 11.3 Å². The zero-order valence-electron chi connectivity index (χ0n) is 15.4. The maximum atomic E-state index is 12.2. The molecule has 0 radical (unpaired) electrons. The molecule has 1 aromatic carbocycles. The van der Waals surface area contributed by atoms with Gasteiger partial charge in [-0.05, 0) is 49.9 Å². The smallest absolute Gasteiger partial charge is 0.348 e. The van der Waals surface area contributed by atoms with Gasteiger partial charge < -0.3 is 20.3 Å². The van der Waals surface area contributed by atoms with Crippen molar-refractivity contribution in [3.05, 3.63) is 29.1 Å². The Bertz CT molecular complexity index is 864. The van der Waals surface area contributed by atoms with E-state index in [-0.39, 0.29) is 23.9 Å². The Kier molecular flexibility index (Phi) is 5.95. The van der Waals surface area contributed by atoms with Crippen molar-refractivity contribution in [1.29, 1.82) is 0 Å². The molecule has 2 aromatic rings. The number of ether oxygens (including phenoxy) is 1. The minimum absolute atomic E-state index is 0.143. The average Bonchev–Trinajstić information content (AvgIpc) is 3.21. The van der Waals surface area contributed by atoms with Gasteiger partial charge in [0.15, 0.2) is 0 Å². The first-order chi connectivity index (χ1) is 13.0. The van der Waals surface area contributed by atoms with Crippen molar-refractivity contribution in [2.45, 2.75) is 32.7 Å². The normalized spacial score (nSPS) is 15.0. The molecule has 27 heavy (non-hydrogen) atoms. The van der Waals surface area contributed by atoms with Crippen LogP contribution in [0.1, 0.15) is 36.4 Å². The van der Waals surface area contributed by atoms with E-state index in [2.05, 4.69) is 10.6 Å². The van der Waals surface area contributed by atoms with Crippen LogP contribution in [0.15, 0.2) is 24.3 Å². The molecule has 1 aromatic heterocycles. The Morgan fingerprint density at radius 2 is 2.15 bits per heavy atom. The number of amides is 3. The van der Waals surface area contributed by atoms with Crippen molar-refractivity contribution in [2.24, 2.45) is 0 Å². The van der Waals surface area contributed by atoms with Crippen LogP contribution in [0.5, 0.6) is 0 Å². The fraction of sp³-hybridized carbons (Fsp3) is 0.421. The fourth-order valence-electron chi connectivity index (χ4n) is 3.09. The molecule has 144 valence electrons. The van der Waals surface area contributed by atoms with Gasteiger partial charge in [-0.25, -0.2) is 9.59 Å². The molecule has 2 heterocycles. The van der Waals surface area contributed by atoms with E-state index in [1.54, 1.807) is 24.0 Å². The summed E-state index contributed by atoms with van der Waals surface area (Å²) in [6, 6.07) is 6.78. The van der Waals surface area contributed by atoms with Crippen molar-refractivity contribution in [3.8, 4) is 0 Å². The van der Waals surface area contributed by atoms with Gasteiger partial charge >= 0.3 is 12.0 Å². The minimum atomic E-state index is -0.337. The van der Waals surface area contributed by atoms with Crippen molar-refractivity contribution >= 4 is 45.0 Å². The predicted octanol–water partition coefficient (Wildman–Crippen LogP) is 3.21. The molecule has 8 heteroatoms. The van der Waals surface area contributed by atoms with Crippen molar-refractivity contribution < 1.29 is 19.1 Å². The summed E-state index contributed by atoms with van der Waals surface area (Å²) in [6.45, 7) is 5.25. The summed E-state index contributed by atoms with van der Waals surface area (Å²) >= 11 is 1.36. The number of fused-ring (bicyclic) bond motifs is 1. The number of likely N-dealkylation sites (tertiary alicyclic amines) is 1. The van der Waals surface area contributed by atoms with Gasteiger partial charge in [-0.1, -0.05) is 0 Å². The fourth-order valence-corrected chi connectivity index (χ4v) is 4.03. The summed E-state index contributed by atoms with van der Waals surface area (Å²) in [4.78, 5) is 38.0. The van der Waals surface area contributed by atoms with E-state index in [1.165, 1.54) is 11.3 Å². The van der Waals surface area contributed by atoms with E-state index >= 15 is 0 Å². The van der Waals surface area contributed by atoms with Crippen LogP contribution >= 0.6 is 11.3 Å². The van der Waals surface area contributed by atoms with E-state index in [1.807, 2.05) is 19.1 Å². The number of benzene rings is 1. The molecule has 7 nitrogen and oxygen atoms in total. The van der Waals surface area contributed by atoms with Crippen LogP contribution in [-0.2, 0) is 9.53 Å². The molecule has 1 atom stereocenters. The molecule has 1 aliphatic rings. The molecule has 1 fully saturated rings. The van der Waals surface area contributed by atoms with Gasteiger partial charge in [-0.3, -0.25) is 4.79 Å². The maximum absolute atomic E-state index is 12.2. The zero-order chi connectivity index (χ0) is 19.4. The molecule has 0 aliphatic carbocycles. The number of urea groups is 1. The highest BCUT2D eigenvalue weighted by atomic mass is 32.1. The van der Waals surface area contributed by atoms with E-state index in [0.717, 1.165) is 23.1 Å². The maximum Gasteiger partial charge on any atom is 0.348 e. The summed E-state index contributed by atoms with van der Waals surface area (Å²) in [7, 11) is 0. The van der Waals surface area contributed by atoms with Crippen LogP contribution in [0, 0.1) is 0 Å². The Morgan fingerprint density at radius 1 is 1.33 bits per heavy atom. The summed E-state index contributed by atoms with van der Waals surface area (Å²) in [5.41, 5.74) is 0.637. The number of hydrogen-bond donors (Lipinski definition) is 2. The average molecular weight is 389 g/mol. The van der Waals surface area contributed by atoms with Gasteiger partial charge in [0.05, 0.1) is 6.61 Å². The second-order valence-corrected chi connectivity index (χ2v) is 7.61. The number of hydrogen-bond acceptors (Lipinski definition) is 5. The van der Waals surface area contributed by atoms with E-state index in [9.17, 15) is 14.4 Å². The van der Waals surface area contributed by atoms with E-state index < -0.39 is 0 Å². The molecule has 0 spiro atoms. The first-order valence-corrected chi connectivity index (χ1v) is 9.84. The molecule has 0 bridgehead atoms. The molecule has 1 saturated heterocycles. The molecular weight excluding hydrogens is 366 g/mol. The Morgan fingerprint density at radius 3 is 2.85 bits per heavy atom. The SMILES string of the molecule is CCOC(=O)c1cc2cc(NC(=O)N[C@@H](C)CN3CCCC3=O)ccc2s1. The monoisotopic (exact) mass is 389 g/mol. The quantitative estimate of drug-likeness (QED) is 0.743. The van der Waals surface area contributed by atoms with Crippen molar-refractivity contribution in [1.82, 2.24) is 10.2 Å². The molecule has 0 unspecified atom stereocenters. The van der Waals surface area contributed by atoms with Crippen LogP contribution in [0.4, 0.5) is 10.5 Å². The summed E-state index contributed by atoms with van der Waals surface area (Å²) in [6.07, 6.45) is 1.47. The van der Waals surface area contributed by atoms with Crippen LogP contribution in [0.25, 0.3) is 10.1 Å². The van der Waals surface area contributed by atoms with E-state index in [0.29, 0.717) is 30.1 Å². The van der Waals surface area contributed by atoms with Gasteiger partial charge in [0.1, 0.15) is 4.88 Å². The van der Waals surface area contributed by atoms with Crippen LogP contribution < -0.4 is 10.6 Å². The highest BCUT2D eigenvalue weighted by Gasteiger charge is 2.22. The molecule has 2 N–H and O–H groups in total. The first-order valence-electron chi connectivity index (χ1n) is 9.02. The largest absolute Gasteiger partial charge is 0.462 e. The number of carbonyl (C=O) groups is 3.